The number of carboxylic acids is 1. The Morgan fingerprint density at radius 2 is 1.70 bits per heavy atom. The van der Waals surface area contributed by atoms with Gasteiger partial charge in [-0.3, -0.25) is 9.80 Å². The normalized spacial score (nSPS) is 11.1. The lowest BCUT2D eigenvalue weighted by molar-refractivity contribution is 0.0696. The summed E-state index contributed by atoms with van der Waals surface area (Å²) in [4.78, 5) is 23.3. The van der Waals surface area contributed by atoms with E-state index < -0.39 is 5.97 Å². The molecule has 10 heteroatoms. The second kappa shape index (κ2) is 9.86. The van der Waals surface area contributed by atoms with E-state index in [-0.39, 0.29) is 22.3 Å². The van der Waals surface area contributed by atoms with E-state index in [9.17, 15) is 9.59 Å². The maximum atomic E-state index is 12.3. The molecule has 0 spiro atoms. The number of hydrazine groups is 1. The molecule has 0 radical (unpaired) electrons. The van der Waals surface area contributed by atoms with Gasteiger partial charge in [0.05, 0.1) is 17.0 Å². The Bertz CT molecular complexity index is 825. The number of anilines is 2. The first-order valence-corrected chi connectivity index (χ1v) is 9.88. The molecule has 0 saturated carbocycles. The van der Waals surface area contributed by atoms with Crippen LogP contribution in [0.4, 0.5) is 11.4 Å². The van der Waals surface area contributed by atoms with E-state index in [1.807, 2.05) is 18.4 Å². The highest BCUT2D eigenvalue weighted by atomic mass is 32.2. The van der Waals surface area contributed by atoms with Crippen LogP contribution in [-0.2, 0) is 0 Å². The van der Waals surface area contributed by atoms with Crippen molar-refractivity contribution in [1.82, 2.24) is 0 Å². The minimum absolute atomic E-state index is 0.0912. The van der Waals surface area contributed by atoms with E-state index in [0.717, 1.165) is 17.4 Å². The molecule has 8 nitrogen and oxygen atoms in total. The van der Waals surface area contributed by atoms with Crippen molar-refractivity contribution in [3.63, 3.8) is 0 Å². The van der Waals surface area contributed by atoms with E-state index in [1.54, 1.807) is 12.1 Å². The number of benzene rings is 2. The van der Waals surface area contributed by atoms with Gasteiger partial charge in [-0.05, 0) is 48.5 Å². The number of nitrogens with two attached hydrogens (primary N) is 2. The third kappa shape index (κ3) is 5.64. The SMILES string of the molecule is CSNc1ccc(C(=O)CS/C(=N/N)N(N)c2ccc(C(=O)O)cc2)cc1. The molecule has 0 aromatic heterocycles. The van der Waals surface area contributed by atoms with Crippen molar-refractivity contribution in [2.75, 3.05) is 21.7 Å². The molecule has 0 atom stereocenters. The lowest BCUT2D eigenvalue weighted by Crippen LogP contribution is -2.37. The molecule has 0 heterocycles. The van der Waals surface area contributed by atoms with Crippen molar-refractivity contribution >= 4 is 52.0 Å². The van der Waals surface area contributed by atoms with Gasteiger partial charge in [0.15, 0.2) is 5.78 Å². The van der Waals surface area contributed by atoms with Crippen molar-refractivity contribution in [3.8, 4) is 0 Å². The zero-order valence-corrected chi connectivity index (χ0v) is 16.1. The smallest absolute Gasteiger partial charge is 0.335 e. The van der Waals surface area contributed by atoms with Crippen molar-refractivity contribution < 1.29 is 14.7 Å². The number of amidine groups is 1. The van der Waals surface area contributed by atoms with Gasteiger partial charge in [0.2, 0.25) is 5.17 Å². The van der Waals surface area contributed by atoms with Gasteiger partial charge in [-0.1, -0.05) is 23.7 Å². The molecule has 0 fully saturated rings. The van der Waals surface area contributed by atoms with Crippen LogP contribution in [0.2, 0.25) is 0 Å². The van der Waals surface area contributed by atoms with E-state index in [0.29, 0.717) is 11.3 Å². The van der Waals surface area contributed by atoms with Gasteiger partial charge < -0.3 is 15.7 Å². The topological polar surface area (TPSA) is 134 Å². The number of carbonyl (C=O) groups is 2. The molecular weight excluding hydrogens is 386 g/mol. The van der Waals surface area contributed by atoms with Crippen LogP contribution in [-0.4, -0.2) is 34.0 Å². The quantitative estimate of drug-likeness (QED) is 0.137. The summed E-state index contributed by atoms with van der Waals surface area (Å²) in [7, 11) is 0. The molecule has 142 valence electrons. The van der Waals surface area contributed by atoms with Crippen LogP contribution in [0.25, 0.3) is 0 Å². The third-order valence-corrected chi connectivity index (χ3v) is 4.87. The maximum absolute atomic E-state index is 12.3. The zero-order chi connectivity index (χ0) is 19.8. The van der Waals surface area contributed by atoms with Crippen LogP contribution in [0, 0.1) is 0 Å². The molecule has 2 rings (SSSR count). The Morgan fingerprint density at radius 1 is 1.11 bits per heavy atom. The van der Waals surface area contributed by atoms with E-state index >= 15 is 0 Å². The molecule has 0 saturated heterocycles. The van der Waals surface area contributed by atoms with Gasteiger partial charge in [-0.2, -0.15) is 5.10 Å². The van der Waals surface area contributed by atoms with Crippen LogP contribution < -0.4 is 21.4 Å². The molecule has 0 unspecified atom stereocenters. The fourth-order valence-electron chi connectivity index (χ4n) is 2.10. The molecule has 27 heavy (non-hydrogen) atoms. The number of hydrogen-bond acceptors (Lipinski definition) is 8. The molecule has 6 N–H and O–H groups in total. The lowest BCUT2D eigenvalue weighted by atomic mass is 10.1. The first-order chi connectivity index (χ1) is 13.0. The highest BCUT2D eigenvalue weighted by molar-refractivity contribution is 8.14. The summed E-state index contributed by atoms with van der Waals surface area (Å²) >= 11 is 2.56. The second-order valence-electron chi connectivity index (χ2n) is 5.23. The molecule has 0 aliphatic carbocycles. The Balaban J connectivity index is 1.99. The monoisotopic (exact) mass is 405 g/mol. The second-order valence-corrected chi connectivity index (χ2v) is 6.78. The van der Waals surface area contributed by atoms with Gasteiger partial charge in [-0.15, -0.1) is 0 Å². The van der Waals surface area contributed by atoms with E-state index in [4.69, 9.17) is 16.8 Å². The largest absolute Gasteiger partial charge is 0.478 e. The van der Waals surface area contributed by atoms with E-state index in [1.165, 1.54) is 41.2 Å². The van der Waals surface area contributed by atoms with E-state index in [2.05, 4.69) is 9.82 Å². The summed E-state index contributed by atoms with van der Waals surface area (Å²) in [5.74, 6) is 10.4. The number of carbonyl (C=O) groups excluding carboxylic acids is 1. The van der Waals surface area contributed by atoms with Gasteiger partial charge >= 0.3 is 5.97 Å². The predicted octanol–water partition coefficient (Wildman–Crippen LogP) is 2.60. The highest BCUT2D eigenvalue weighted by Gasteiger charge is 2.15. The Morgan fingerprint density at radius 3 is 2.22 bits per heavy atom. The number of hydrogen-bond donors (Lipinski definition) is 4. The van der Waals surface area contributed by atoms with Crippen LogP contribution >= 0.6 is 23.7 Å². The zero-order valence-electron chi connectivity index (χ0n) is 14.5. The van der Waals surface area contributed by atoms with Gasteiger partial charge in [0, 0.05) is 17.5 Å². The number of aromatic carboxylic acids is 1. The summed E-state index contributed by atoms with van der Waals surface area (Å²) in [6.45, 7) is 0. The molecule has 0 amide bonds. The minimum atomic E-state index is -1.03. The number of Topliss-reactive ketones (excluding diaryl/α,β-unsaturated/α-hetero) is 1. The van der Waals surface area contributed by atoms with Crippen LogP contribution in [0.15, 0.2) is 53.6 Å². The average molecular weight is 406 g/mol. The van der Waals surface area contributed by atoms with Crippen LogP contribution in [0.5, 0.6) is 0 Å². The first-order valence-electron chi connectivity index (χ1n) is 7.67. The molecule has 0 aliphatic heterocycles. The van der Waals surface area contributed by atoms with Gasteiger partial charge in [0.1, 0.15) is 0 Å². The Kier molecular flexibility index (Phi) is 7.53. The first kappa shape index (κ1) is 20.6. The summed E-state index contributed by atoms with van der Waals surface area (Å²) < 4.78 is 3.08. The van der Waals surface area contributed by atoms with Crippen LogP contribution in [0.1, 0.15) is 20.7 Å². The average Bonchev–Trinajstić information content (AvgIpc) is 2.69. The molecular formula is C17H19N5O3S2. The number of rotatable bonds is 7. The number of thioether (sulfide) groups is 1. The predicted molar refractivity (Wildman–Crippen MR) is 112 cm³/mol. The third-order valence-electron chi connectivity index (χ3n) is 3.47. The van der Waals surface area contributed by atoms with Crippen molar-refractivity contribution in [2.45, 2.75) is 0 Å². The maximum Gasteiger partial charge on any atom is 0.335 e. The molecule has 2 aromatic carbocycles. The fraction of sp³-hybridized carbons (Fsp3) is 0.118. The summed E-state index contributed by atoms with van der Waals surface area (Å²) in [6.07, 6.45) is 1.91. The number of carboxylic acid groups (broad SMARTS) is 1. The summed E-state index contributed by atoms with van der Waals surface area (Å²) in [5, 5.41) is 14.0. The lowest BCUT2D eigenvalue weighted by Gasteiger charge is -2.19. The molecule has 2 aromatic rings. The van der Waals surface area contributed by atoms with Gasteiger partial charge in [-0.25, -0.2) is 10.6 Å². The van der Waals surface area contributed by atoms with Crippen molar-refractivity contribution in [1.29, 1.82) is 0 Å². The minimum Gasteiger partial charge on any atom is -0.478 e. The van der Waals surface area contributed by atoms with Crippen molar-refractivity contribution in [2.24, 2.45) is 16.8 Å². The Hall–Kier alpha value is -2.69. The van der Waals surface area contributed by atoms with Crippen molar-refractivity contribution in [3.05, 3.63) is 59.7 Å². The number of nitrogens with one attached hydrogen (secondary N) is 1. The van der Waals surface area contributed by atoms with Gasteiger partial charge in [0.25, 0.3) is 0 Å². The Labute approximate surface area is 165 Å². The summed E-state index contributed by atoms with van der Waals surface area (Å²) in [6, 6.07) is 13.1. The molecule has 0 bridgehead atoms. The number of nitrogens with zero attached hydrogens (tertiary/aromatic N) is 2. The highest BCUT2D eigenvalue weighted by Crippen LogP contribution is 2.19. The standard InChI is InChI=1S/C17H19N5O3S2/c1-26-21-13-6-2-11(3-7-13)15(23)10-27-17(20-18)22(19)14-8-4-12(5-9-14)16(24)25/h2-9,21H,10,18-19H2,1H3,(H,24,25)/b20-17+. The number of ketones is 1. The molecule has 0 aliphatic rings. The summed E-state index contributed by atoms with van der Waals surface area (Å²) in [5.41, 5.74) is 2.12. The fourth-order valence-corrected chi connectivity index (χ4v) is 3.22. The van der Waals surface area contributed by atoms with Crippen LogP contribution in [0.3, 0.4) is 0 Å². The number of hydrazone groups is 1.